The summed E-state index contributed by atoms with van der Waals surface area (Å²) in [4.78, 5) is 25.0. The fourth-order valence-electron chi connectivity index (χ4n) is 2.63. The zero-order valence-electron chi connectivity index (χ0n) is 10.9. The van der Waals surface area contributed by atoms with Gasteiger partial charge in [0.1, 0.15) is 0 Å². The van der Waals surface area contributed by atoms with Gasteiger partial charge in [0.05, 0.1) is 16.0 Å². The molecule has 0 bridgehead atoms. The highest BCUT2D eigenvalue weighted by atomic mass is 16.6. The topological polar surface area (TPSA) is 90.2 Å². The van der Waals surface area contributed by atoms with Crippen LogP contribution < -0.4 is 5.69 Å². The maximum Gasteiger partial charge on any atom is 0.326 e. The number of rotatable bonds is 3. The predicted molar refractivity (Wildman–Crippen MR) is 72.8 cm³/mol. The fraction of sp³-hybridized carbons (Fsp3) is 0.462. The Morgan fingerprint density at radius 3 is 2.85 bits per heavy atom. The molecule has 106 valence electrons. The molecule has 20 heavy (non-hydrogen) atoms. The van der Waals surface area contributed by atoms with Crippen LogP contribution in [-0.4, -0.2) is 27.7 Å². The van der Waals surface area contributed by atoms with Crippen LogP contribution in [0.2, 0.25) is 0 Å². The highest BCUT2D eigenvalue weighted by Crippen LogP contribution is 2.21. The third-order valence-electron chi connectivity index (χ3n) is 3.75. The second kappa shape index (κ2) is 5.09. The maximum atomic E-state index is 12.0. The van der Waals surface area contributed by atoms with Crippen LogP contribution >= 0.6 is 0 Å². The van der Waals surface area contributed by atoms with E-state index in [-0.39, 0.29) is 11.4 Å². The molecule has 1 saturated heterocycles. The molecular weight excluding hydrogens is 262 g/mol. The first-order chi connectivity index (χ1) is 9.65. The Kier molecular flexibility index (Phi) is 3.27. The van der Waals surface area contributed by atoms with Crippen LogP contribution in [-0.2, 0) is 11.3 Å². The molecule has 7 nitrogen and oxygen atoms in total. The molecule has 0 aliphatic carbocycles. The lowest BCUT2D eigenvalue weighted by atomic mass is 10.0. The van der Waals surface area contributed by atoms with Crippen molar-refractivity contribution >= 4 is 16.7 Å². The van der Waals surface area contributed by atoms with Gasteiger partial charge >= 0.3 is 5.69 Å². The number of aromatic amines is 1. The summed E-state index contributed by atoms with van der Waals surface area (Å²) >= 11 is 0. The SMILES string of the molecule is O=c1[nH]c2cc([N+](=O)[O-])ccc2n1CC1CCOCC1. The second-order valence-electron chi connectivity index (χ2n) is 5.06. The highest BCUT2D eigenvalue weighted by Gasteiger charge is 2.18. The first-order valence-electron chi connectivity index (χ1n) is 6.60. The number of ether oxygens (including phenoxy) is 1. The monoisotopic (exact) mass is 277 g/mol. The number of hydrogen-bond donors (Lipinski definition) is 1. The number of benzene rings is 1. The van der Waals surface area contributed by atoms with E-state index in [0.717, 1.165) is 26.1 Å². The number of nitro benzene ring substituents is 1. The minimum Gasteiger partial charge on any atom is -0.381 e. The van der Waals surface area contributed by atoms with Gasteiger partial charge in [-0.3, -0.25) is 14.7 Å². The summed E-state index contributed by atoms with van der Waals surface area (Å²) in [5.74, 6) is 0.413. The van der Waals surface area contributed by atoms with E-state index in [2.05, 4.69) is 4.98 Å². The number of H-pyrrole nitrogens is 1. The molecule has 1 N–H and O–H groups in total. The van der Waals surface area contributed by atoms with Crippen molar-refractivity contribution in [1.82, 2.24) is 9.55 Å². The van der Waals surface area contributed by atoms with Gasteiger partial charge in [-0.25, -0.2) is 4.79 Å². The summed E-state index contributed by atoms with van der Waals surface area (Å²) in [6.45, 7) is 2.08. The van der Waals surface area contributed by atoms with Crippen molar-refractivity contribution in [2.75, 3.05) is 13.2 Å². The first kappa shape index (κ1) is 12.9. The van der Waals surface area contributed by atoms with Crippen LogP contribution in [0.25, 0.3) is 11.0 Å². The van der Waals surface area contributed by atoms with Gasteiger partial charge in [-0.1, -0.05) is 0 Å². The van der Waals surface area contributed by atoms with Crippen LogP contribution in [0.1, 0.15) is 12.8 Å². The number of hydrogen-bond acceptors (Lipinski definition) is 4. The lowest BCUT2D eigenvalue weighted by Gasteiger charge is -2.22. The number of imidazole rings is 1. The first-order valence-corrected chi connectivity index (χ1v) is 6.60. The molecule has 0 spiro atoms. The van der Waals surface area contributed by atoms with Gasteiger partial charge in [0.25, 0.3) is 5.69 Å². The van der Waals surface area contributed by atoms with E-state index in [1.54, 1.807) is 10.6 Å². The van der Waals surface area contributed by atoms with Gasteiger partial charge < -0.3 is 9.72 Å². The molecule has 1 fully saturated rings. The predicted octanol–water partition coefficient (Wildman–Crippen LogP) is 1.66. The van der Waals surface area contributed by atoms with Crippen LogP contribution in [0.4, 0.5) is 5.69 Å². The van der Waals surface area contributed by atoms with E-state index in [4.69, 9.17) is 4.74 Å². The van der Waals surface area contributed by atoms with Crippen molar-refractivity contribution in [2.45, 2.75) is 19.4 Å². The average molecular weight is 277 g/mol. The lowest BCUT2D eigenvalue weighted by Crippen LogP contribution is -2.25. The Balaban J connectivity index is 1.96. The van der Waals surface area contributed by atoms with Gasteiger partial charge in [0.15, 0.2) is 0 Å². The molecule has 3 rings (SSSR count). The van der Waals surface area contributed by atoms with Crippen molar-refractivity contribution in [1.29, 1.82) is 0 Å². The summed E-state index contributed by atoms with van der Waals surface area (Å²) in [7, 11) is 0. The third-order valence-corrected chi connectivity index (χ3v) is 3.75. The lowest BCUT2D eigenvalue weighted by molar-refractivity contribution is -0.384. The summed E-state index contributed by atoms with van der Waals surface area (Å²) in [5, 5.41) is 10.7. The van der Waals surface area contributed by atoms with Gasteiger partial charge in [-0.2, -0.15) is 0 Å². The Morgan fingerprint density at radius 2 is 2.15 bits per heavy atom. The van der Waals surface area contributed by atoms with Crippen LogP contribution in [0.5, 0.6) is 0 Å². The molecule has 1 aromatic carbocycles. The molecule has 0 amide bonds. The minimum absolute atomic E-state index is 0.0167. The van der Waals surface area contributed by atoms with Gasteiger partial charge in [-0.05, 0) is 24.8 Å². The van der Waals surface area contributed by atoms with Crippen LogP contribution in [0.15, 0.2) is 23.0 Å². The molecule has 0 saturated carbocycles. The van der Waals surface area contributed by atoms with E-state index in [1.165, 1.54) is 12.1 Å². The summed E-state index contributed by atoms with van der Waals surface area (Å²) < 4.78 is 6.97. The molecule has 1 aliphatic rings. The van der Waals surface area contributed by atoms with Crippen molar-refractivity contribution in [2.24, 2.45) is 5.92 Å². The second-order valence-corrected chi connectivity index (χ2v) is 5.06. The van der Waals surface area contributed by atoms with E-state index < -0.39 is 4.92 Å². The zero-order valence-corrected chi connectivity index (χ0v) is 10.9. The molecule has 2 heterocycles. The number of nitro groups is 1. The Hall–Kier alpha value is -2.15. The Morgan fingerprint density at radius 1 is 1.40 bits per heavy atom. The van der Waals surface area contributed by atoms with Crippen molar-refractivity contribution in [3.8, 4) is 0 Å². The Labute approximate surface area is 114 Å². The molecule has 1 aliphatic heterocycles. The zero-order chi connectivity index (χ0) is 14.1. The van der Waals surface area contributed by atoms with Gasteiger partial charge in [-0.15, -0.1) is 0 Å². The fourth-order valence-corrected chi connectivity index (χ4v) is 2.63. The number of fused-ring (bicyclic) bond motifs is 1. The average Bonchev–Trinajstić information content (AvgIpc) is 2.75. The van der Waals surface area contributed by atoms with Gasteiger partial charge in [0, 0.05) is 31.9 Å². The van der Waals surface area contributed by atoms with E-state index in [9.17, 15) is 14.9 Å². The number of nitrogens with one attached hydrogen (secondary N) is 1. The van der Waals surface area contributed by atoms with Crippen molar-refractivity contribution < 1.29 is 9.66 Å². The number of aromatic nitrogens is 2. The van der Waals surface area contributed by atoms with Crippen LogP contribution in [0.3, 0.4) is 0 Å². The van der Waals surface area contributed by atoms with Crippen molar-refractivity contribution in [3.05, 3.63) is 38.8 Å². The molecule has 2 aromatic rings. The van der Waals surface area contributed by atoms with Gasteiger partial charge in [0.2, 0.25) is 0 Å². The number of non-ortho nitro benzene ring substituents is 1. The summed E-state index contributed by atoms with van der Waals surface area (Å²) in [6.07, 6.45) is 1.87. The molecule has 0 atom stereocenters. The summed E-state index contributed by atoms with van der Waals surface area (Å²) in [5.41, 5.74) is 0.993. The smallest absolute Gasteiger partial charge is 0.326 e. The maximum absolute atomic E-state index is 12.0. The summed E-state index contributed by atoms with van der Waals surface area (Å²) in [6, 6.07) is 4.46. The largest absolute Gasteiger partial charge is 0.381 e. The van der Waals surface area contributed by atoms with E-state index in [0.29, 0.717) is 23.5 Å². The van der Waals surface area contributed by atoms with Crippen molar-refractivity contribution in [3.63, 3.8) is 0 Å². The van der Waals surface area contributed by atoms with E-state index >= 15 is 0 Å². The minimum atomic E-state index is -0.465. The van der Waals surface area contributed by atoms with Crippen LogP contribution in [0, 0.1) is 16.0 Å². The molecule has 0 radical (unpaired) electrons. The molecule has 1 aromatic heterocycles. The van der Waals surface area contributed by atoms with E-state index in [1.807, 2.05) is 0 Å². The molecule has 7 heteroatoms. The third kappa shape index (κ3) is 2.32. The Bertz CT molecular complexity index is 697. The molecule has 0 unspecified atom stereocenters. The normalized spacial score (nSPS) is 16.6. The number of nitrogens with zero attached hydrogens (tertiary/aromatic N) is 2. The molecular formula is C13H15N3O4. The quantitative estimate of drug-likeness (QED) is 0.682. The highest BCUT2D eigenvalue weighted by molar-refractivity contribution is 5.77. The standard InChI is InChI=1S/C13H15N3O4/c17-13-14-11-7-10(16(18)19)1-2-12(11)15(13)8-9-3-5-20-6-4-9/h1-2,7,9H,3-6,8H2,(H,14,17).